The highest BCUT2D eigenvalue weighted by Gasteiger charge is 2.26. The Labute approximate surface area is 109 Å². The topological polar surface area (TPSA) is 33.1 Å². The van der Waals surface area contributed by atoms with Crippen molar-refractivity contribution in [1.29, 1.82) is 0 Å². The Morgan fingerprint density at radius 1 is 1.33 bits per heavy atom. The monoisotopic (exact) mass is 248 g/mol. The van der Waals surface area contributed by atoms with Crippen LogP contribution in [0.4, 0.5) is 0 Å². The highest BCUT2D eigenvalue weighted by molar-refractivity contribution is 5.03. The molecule has 3 rings (SSSR count). The fraction of sp³-hybridized carbons (Fsp3) is 0.786. The van der Waals surface area contributed by atoms with Gasteiger partial charge in [-0.1, -0.05) is 0 Å². The molecule has 1 unspecified atom stereocenters. The van der Waals surface area contributed by atoms with Crippen LogP contribution in [0.1, 0.15) is 43.8 Å². The molecule has 1 atom stereocenters. The molecule has 1 aromatic rings. The van der Waals surface area contributed by atoms with Crippen molar-refractivity contribution in [2.24, 2.45) is 0 Å². The van der Waals surface area contributed by atoms with Crippen LogP contribution < -0.4 is 5.32 Å². The Morgan fingerprint density at radius 3 is 3.06 bits per heavy atom. The van der Waals surface area contributed by atoms with E-state index in [0.717, 1.165) is 25.2 Å². The molecule has 100 valence electrons. The summed E-state index contributed by atoms with van der Waals surface area (Å²) in [5.74, 6) is 0. The molecule has 2 heterocycles. The van der Waals surface area contributed by atoms with Gasteiger partial charge in [-0.3, -0.25) is 4.90 Å². The summed E-state index contributed by atoms with van der Waals surface area (Å²) in [7, 11) is 2.26. The standard InChI is InChI=1S/C14H24N4/c1-17(12-3-2-7-15-8-6-12)10-14-9-16-11-18(14)13-4-5-13/h9,11-13,15H,2-8,10H2,1H3. The van der Waals surface area contributed by atoms with E-state index in [9.17, 15) is 0 Å². The molecule has 1 saturated heterocycles. The van der Waals surface area contributed by atoms with Gasteiger partial charge in [0.2, 0.25) is 0 Å². The molecule has 0 bridgehead atoms. The zero-order chi connectivity index (χ0) is 12.4. The lowest BCUT2D eigenvalue weighted by molar-refractivity contribution is 0.211. The van der Waals surface area contributed by atoms with Gasteiger partial charge in [0, 0.05) is 24.8 Å². The second kappa shape index (κ2) is 5.41. The number of aromatic nitrogens is 2. The molecule has 18 heavy (non-hydrogen) atoms. The maximum absolute atomic E-state index is 4.32. The third kappa shape index (κ3) is 2.75. The van der Waals surface area contributed by atoms with E-state index in [2.05, 4.69) is 26.8 Å². The van der Waals surface area contributed by atoms with Crippen LogP contribution in [0.25, 0.3) is 0 Å². The molecule has 0 amide bonds. The molecule has 0 spiro atoms. The second-order valence-electron chi connectivity index (χ2n) is 5.77. The van der Waals surface area contributed by atoms with Gasteiger partial charge in [-0.05, 0) is 52.2 Å². The predicted octanol–water partition coefficient (Wildman–Crippen LogP) is 1.79. The minimum Gasteiger partial charge on any atom is -0.330 e. The van der Waals surface area contributed by atoms with Gasteiger partial charge in [0.1, 0.15) is 0 Å². The number of nitrogens with one attached hydrogen (secondary N) is 1. The minimum absolute atomic E-state index is 0.725. The number of nitrogens with zero attached hydrogens (tertiary/aromatic N) is 3. The number of imidazole rings is 1. The van der Waals surface area contributed by atoms with Crippen molar-refractivity contribution < 1.29 is 0 Å². The Morgan fingerprint density at radius 2 is 2.22 bits per heavy atom. The Bertz CT molecular complexity index is 375. The van der Waals surface area contributed by atoms with Crippen LogP contribution in [0.15, 0.2) is 12.5 Å². The third-order valence-corrected chi connectivity index (χ3v) is 4.27. The summed E-state index contributed by atoms with van der Waals surface area (Å²) in [5, 5.41) is 3.49. The quantitative estimate of drug-likeness (QED) is 0.882. The van der Waals surface area contributed by atoms with Crippen molar-refractivity contribution in [2.45, 2.75) is 50.7 Å². The molecular weight excluding hydrogens is 224 g/mol. The Kier molecular flexibility index (Phi) is 3.66. The van der Waals surface area contributed by atoms with Crippen LogP contribution in [0.5, 0.6) is 0 Å². The van der Waals surface area contributed by atoms with Crippen LogP contribution in [-0.2, 0) is 6.54 Å². The molecule has 4 nitrogen and oxygen atoms in total. The van der Waals surface area contributed by atoms with Crippen LogP contribution in [-0.4, -0.2) is 40.6 Å². The molecule has 4 heteroatoms. The van der Waals surface area contributed by atoms with Gasteiger partial charge in [-0.25, -0.2) is 4.98 Å². The zero-order valence-corrected chi connectivity index (χ0v) is 11.3. The summed E-state index contributed by atoms with van der Waals surface area (Å²) in [6.07, 6.45) is 10.6. The van der Waals surface area contributed by atoms with Gasteiger partial charge in [0.25, 0.3) is 0 Å². The van der Waals surface area contributed by atoms with E-state index in [0.29, 0.717) is 0 Å². The summed E-state index contributed by atoms with van der Waals surface area (Å²) < 4.78 is 2.38. The molecule has 1 saturated carbocycles. The lowest BCUT2D eigenvalue weighted by atomic mass is 10.1. The molecule has 0 radical (unpaired) electrons. The summed E-state index contributed by atoms with van der Waals surface area (Å²) in [5.41, 5.74) is 1.39. The van der Waals surface area contributed by atoms with Crippen molar-refractivity contribution >= 4 is 0 Å². The molecule has 1 aliphatic heterocycles. The van der Waals surface area contributed by atoms with E-state index in [1.807, 2.05) is 12.5 Å². The first-order chi connectivity index (χ1) is 8.84. The molecule has 2 aliphatic rings. The predicted molar refractivity (Wildman–Crippen MR) is 72.5 cm³/mol. The fourth-order valence-electron chi connectivity index (χ4n) is 2.96. The summed E-state index contributed by atoms with van der Waals surface area (Å²) in [6.45, 7) is 3.39. The van der Waals surface area contributed by atoms with E-state index in [1.165, 1.54) is 44.3 Å². The van der Waals surface area contributed by atoms with Gasteiger partial charge < -0.3 is 9.88 Å². The lowest BCUT2D eigenvalue weighted by Gasteiger charge is -2.27. The van der Waals surface area contributed by atoms with Crippen LogP contribution in [0.2, 0.25) is 0 Å². The fourth-order valence-corrected chi connectivity index (χ4v) is 2.96. The van der Waals surface area contributed by atoms with E-state index < -0.39 is 0 Å². The second-order valence-corrected chi connectivity index (χ2v) is 5.77. The van der Waals surface area contributed by atoms with Crippen LogP contribution in [0, 0.1) is 0 Å². The van der Waals surface area contributed by atoms with Crippen LogP contribution >= 0.6 is 0 Å². The van der Waals surface area contributed by atoms with Gasteiger partial charge in [0.15, 0.2) is 0 Å². The maximum Gasteiger partial charge on any atom is 0.0951 e. The van der Waals surface area contributed by atoms with E-state index in [-0.39, 0.29) is 0 Å². The Hall–Kier alpha value is -0.870. The maximum atomic E-state index is 4.32. The van der Waals surface area contributed by atoms with Gasteiger partial charge in [-0.2, -0.15) is 0 Å². The molecule has 1 N–H and O–H groups in total. The largest absolute Gasteiger partial charge is 0.330 e. The summed E-state index contributed by atoms with van der Waals surface area (Å²) in [4.78, 5) is 6.84. The van der Waals surface area contributed by atoms with E-state index >= 15 is 0 Å². The molecule has 2 fully saturated rings. The minimum atomic E-state index is 0.725. The normalized spacial score (nSPS) is 25.3. The highest BCUT2D eigenvalue weighted by Crippen LogP contribution is 2.35. The highest BCUT2D eigenvalue weighted by atomic mass is 15.2. The van der Waals surface area contributed by atoms with Crippen molar-refractivity contribution in [2.75, 3.05) is 20.1 Å². The van der Waals surface area contributed by atoms with Gasteiger partial charge >= 0.3 is 0 Å². The zero-order valence-electron chi connectivity index (χ0n) is 11.3. The van der Waals surface area contributed by atoms with E-state index in [4.69, 9.17) is 0 Å². The summed E-state index contributed by atoms with van der Waals surface area (Å²) >= 11 is 0. The van der Waals surface area contributed by atoms with Gasteiger partial charge in [-0.15, -0.1) is 0 Å². The molecular formula is C14H24N4. The first kappa shape index (κ1) is 12.2. The van der Waals surface area contributed by atoms with E-state index in [1.54, 1.807) is 0 Å². The number of hydrogen-bond donors (Lipinski definition) is 1. The third-order valence-electron chi connectivity index (χ3n) is 4.27. The average Bonchev–Trinajstić information content (AvgIpc) is 3.16. The smallest absolute Gasteiger partial charge is 0.0951 e. The van der Waals surface area contributed by atoms with Crippen LogP contribution in [0.3, 0.4) is 0 Å². The van der Waals surface area contributed by atoms with Crippen molar-refractivity contribution in [3.05, 3.63) is 18.2 Å². The molecule has 0 aromatic carbocycles. The number of rotatable bonds is 4. The molecule has 1 aliphatic carbocycles. The first-order valence-corrected chi connectivity index (χ1v) is 7.26. The first-order valence-electron chi connectivity index (χ1n) is 7.26. The SMILES string of the molecule is CN(Cc1cncn1C1CC1)C1CCCNCC1. The van der Waals surface area contributed by atoms with Gasteiger partial charge in [0.05, 0.1) is 12.0 Å². The average molecular weight is 248 g/mol. The van der Waals surface area contributed by atoms with Crippen molar-refractivity contribution in [3.8, 4) is 0 Å². The van der Waals surface area contributed by atoms with Crippen molar-refractivity contribution in [3.63, 3.8) is 0 Å². The molecule has 1 aromatic heterocycles. The summed E-state index contributed by atoms with van der Waals surface area (Å²) in [6, 6.07) is 1.47. The van der Waals surface area contributed by atoms with Crippen molar-refractivity contribution in [1.82, 2.24) is 19.8 Å². The number of hydrogen-bond acceptors (Lipinski definition) is 3. The lowest BCUT2D eigenvalue weighted by Crippen LogP contribution is -2.32. The Balaban J connectivity index is 1.61.